The Morgan fingerprint density at radius 3 is 3.21 bits per heavy atom. The summed E-state index contributed by atoms with van der Waals surface area (Å²) < 4.78 is 4.57. The number of fused-ring (bicyclic) bond motifs is 1. The molecule has 1 aromatic heterocycles. The van der Waals surface area contributed by atoms with Gasteiger partial charge in [0.1, 0.15) is 0 Å². The molecule has 0 fully saturated rings. The van der Waals surface area contributed by atoms with Gasteiger partial charge in [-0.25, -0.2) is 0 Å². The fourth-order valence-electron chi connectivity index (χ4n) is 1.41. The zero-order chi connectivity index (χ0) is 9.80. The summed E-state index contributed by atoms with van der Waals surface area (Å²) in [7, 11) is 0. The molecule has 0 aliphatic heterocycles. The fourth-order valence-corrected chi connectivity index (χ4v) is 1.41. The Bertz CT molecular complexity index is 408. The number of nitrogens with zero attached hydrogens (tertiary/aromatic N) is 1. The lowest BCUT2D eigenvalue weighted by Crippen LogP contribution is -1.99. The van der Waals surface area contributed by atoms with E-state index in [1.54, 1.807) is 6.20 Å². The molecular formula is C11H9NO2. The standard InChI is InChI=1S/C11H9NO2/c13-8-14-7-9-3-4-11-10(6-9)2-1-5-12-11/h1-5,7-8H,6H2. The Morgan fingerprint density at radius 1 is 1.43 bits per heavy atom. The van der Waals surface area contributed by atoms with E-state index in [0.717, 1.165) is 23.3 Å². The van der Waals surface area contributed by atoms with E-state index < -0.39 is 0 Å². The van der Waals surface area contributed by atoms with E-state index in [0.29, 0.717) is 6.47 Å². The number of hydrogen-bond donors (Lipinski definition) is 0. The number of aromatic nitrogens is 1. The first kappa shape index (κ1) is 8.69. The van der Waals surface area contributed by atoms with Crippen molar-refractivity contribution in [2.24, 2.45) is 0 Å². The summed E-state index contributed by atoms with van der Waals surface area (Å²) in [6, 6.07) is 3.91. The van der Waals surface area contributed by atoms with Gasteiger partial charge in [-0.2, -0.15) is 0 Å². The molecule has 3 nitrogen and oxygen atoms in total. The van der Waals surface area contributed by atoms with E-state index >= 15 is 0 Å². The van der Waals surface area contributed by atoms with Gasteiger partial charge in [0.15, 0.2) is 0 Å². The number of pyridine rings is 1. The lowest BCUT2D eigenvalue weighted by molar-refractivity contribution is -0.123. The van der Waals surface area contributed by atoms with E-state index in [1.165, 1.54) is 6.26 Å². The second kappa shape index (κ2) is 3.87. The van der Waals surface area contributed by atoms with Gasteiger partial charge in [0, 0.05) is 12.6 Å². The Morgan fingerprint density at radius 2 is 2.36 bits per heavy atom. The summed E-state index contributed by atoms with van der Waals surface area (Å²) in [5.74, 6) is 0. The van der Waals surface area contributed by atoms with Crippen molar-refractivity contribution in [3.05, 3.63) is 47.5 Å². The molecule has 0 saturated carbocycles. The van der Waals surface area contributed by atoms with Crippen molar-refractivity contribution in [2.45, 2.75) is 6.42 Å². The first-order valence-corrected chi connectivity index (χ1v) is 4.30. The first-order chi connectivity index (χ1) is 6.90. The molecule has 0 bridgehead atoms. The van der Waals surface area contributed by atoms with Crippen LogP contribution in [0, 0.1) is 0 Å². The van der Waals surface area contributed by atoms with Crippen LogP contribution in [0.5, 0.6) is 0 Å². The summed E-state index contributed by atoms with van der Waals surface area (Å²) in [6.45, 7) is 0.416. The minimum atomic E-state index is 0.416. The van der Waals surface area contributed by atoms with Crippen LogP contribution in [-0.4, -0.2) is 11.5 Å². The zero-order valence-corrected chi connectivity index (χ0v) is 7.51. The van der Waals surface area contributed by atoms with Crippen molar-refractivity contribution >= 4 is 12.5 Å². The molecule has 3 heteroatoms. The average Bonchev–Trinajstić information content (AvgIpc) is 2.26. The predicted octanol–water partition coefficient (Wildman–Crippen LogP) is 1.71. The number of rotatable bonds is 2. The SMILES string of the molecule is O=COC=C1C=Cc2ncccc2C1. The van der Waals surface area contributed by atoms with Crippen LogP contribution < -0.4 is 0 Å². The summed E-state index contributed by atoms with van der Waals surface area (Å²) in [5, 5.41) is 0. The lowest BCUT2D eigenvalue weighted by Gasteiger charge is -2.10. The predicted molar refractivity (Wildman–Crippen MR) is 52.2 cm³/mol. The Kier molecular flexibility index (Phi) is 2.40. The monoisotopic (exact) mass is 187 g/mol. The highest BCUT2D eigenvalue weighted by molar-refractivity contribution is 5.58. The minimum absolute atomic E-state index is 0.416. The molecule has 0 aromatic carbocycles. The van der Waals surface area contributed by atoms with Crippen LogP contribution in [0.25, 0.3) is 6.08 Å². The van der Waals surface area contributed by atoms with Gasteiger partial charge >= 0.3 is 0 Å². The van der Waals surface area contributed by atoms with Crippen molar-refractivity contribution in [3.63, 3.8) is 0 Å². The molecule has 1 aliphatic carbocycles. The molecule has 70 valence electrons. The molecule has 0 atom stereocenters. The van der Waals surface area contributed by atoms with Gasteiger partial charge in [-0.05, 0) is 23.3 Å². The average molecular weight is 187 g/mol. The molecule has 0 saturated heterocycles. The molecule has 1 aromatic rings. The van der Waals surface area contributed by atoms with Crippen LogP contribution in [0.15, 0.2) is 36.2 Å². The number of allylic oxidation sites excluding steroid dienone is 2. The van der Waals surface area contributed by atoms with Crippen LogP contribution in [0.2, 0.25) is 0 Å². The van der Waals surface area contributed by atoms with E-state index in [9.17, 15) is 4.79 Å². The zero-order valence-electron chi connectivity index (χ0n) is 7.51. The van der Waals surface area contributed by atoms with Crippen LogP contribution >= 0.6 is 0 Å². The third-order valence-electron chi connectivity index (χ3n) is 2.05. The Balaban J connectivity index is 2.25. The van der Waals surface area contributed by atoms with Crippen LogP contribution in [-0.2, 0) is 16.0 Å². The maximum absolute atomic E-state index is 9.99. The molecule has 1 aliphatic rings. The highest BCUT2D eigenvalue weighted by Crippen LogP contribution is 2.19. The van der Waals surface area contributed by atoms with Crippen molar-refractivity contribution in [1.29, 1.82) is 0 Å². The van der Waals surface area contributed by atoms with Gasteiger partial charge in [-0.3, -0.25) is 9.78 Å². The second-order valence-electron chi connectivity index (χ2n) is 2.98. The highest BCUT2D eigenvalue weighted by atomic mass is 16.5. The molecule has 0 unspecified atom stereocenters. The first-order valence-electron chi connectivity index (χ1n) is 4.30. The fraction of sp³-hybridized carbons (Fsp3) is 0.0909. The van der Waals surface area contributed by atoms with Gasteiger partial charge in [0.25, 0.3) is 6.47 Å². The van der Waals surface area contributed by atoms with E-state index in [-0.39, 0.29) is 0 Å². The van der Waals surface area contributed by atoms with Gasteiger partial charge < -0.3 is 4.74 Å². The summed E-state index contributed by atoms with van der Waals surface area (Å²) >= 11 is 0. The lowest BCUT2D eigenvalue weighted by atomic mass is 9.99. The quantitative estimate of drug-likeness (QED) is 0.522. The Labute approximate surface area is 81.7 Å². The van der Waals surface area contributed by atoms with Gasteiger partial charge in [0.2, 0.25) is 0 Å². The molecule has 0 radical (unpaired) electrons. The van der Waals surface area contributed by atoms with Gasteiger partial charge in [0.05, 0.1) is 12.0 Å². The third kappa shape index (κ3) is 1.71. The Hall–Kier alpha value is -1.90. The summed E-state index contributed by atoms with van der Waals surface area (Å²) in [4.78, 5) is 14.2. The minimum Gasteiger partial charge on any atom is -0.436 e. The molecule has 14 heavy (non-hydrogen) atoms. The van der Waals surface area contributed by atoms with Crippen molar-refractivity contribution in [2.75, 3.05) is 0 Å². The van der Waals surface area contributed by atoms with Gasteiger partial charge in [-0.1, -0.05) is 12.1 Å². The molecule has 2 rings (SSSR count). The number of hydrogen-bond acceptors (Lipinski definition) is 3. The molecular weight excluding hydrogens is 178 g/mol. The smallest absolute Gasteiger partial charge is 0.297 e. The van der Waals surface area contributed by atoms with Crippen LogP contribution in [0.3, 0.4) is 0 Å². The van der Waals surface area contributed by atoms with Crippen molar-refractivity contribution < 1.29 is 9.53 Å². The van der Waals surface area contributed by atoms with Crippen molar-refractivity contribution in [1.82, 2.24) is 4.98 Å². The van der Waals surface area contributed by atoms with Gasteiger partial charge in [-0.15, -0.1) is 0 Å². The summed E-state index contributed by atoms with van der Waals surface area (Å²) in [6.07, 6.45) is 7.80. The maximum Gasteiger partial charge on any atom is 0.297 e. The third-order valence-corrected chi connectivity index (χ3v) is 2.05. The molecule has 0 amide bonds. The molecule has 0 spiro atoms. The highest BCUT2D eigenvalue weighted by Gasteiger charge is 2.07. The molecule has 1 heterocycles. The summed E-state index contributed by atoms with van der Waals surface area (Å²) in [5.41, 5.74) is 3.10. The normalized spacial score (nSPS) is 16.4. The number of ether oxygens (including phenoxy) is 1. The number of carbonyl (C=O) groups excluding carboxylic acids is 1. The molecule has 0 N–H and O–H groups in total. The largest absolute Gasteiger partial charge is 0.436 e. The van der Waals surface area contributed by atoms with E-state index in [4.69, 9.17) is 0 Å². The van der Waals surface area contributed by atoms with Crippen LogP contribution in [0.1, 0.15) is 11.3 Å². The topological polar surface area (TPSA) is 39.2 Å². The second-order valence-corrected chi connectivity index (χ2v) is 2.98. The van der Waals surface area contributed by atoms with Crippen molar-refractivity contribution in [3.8, 4) is 0 Å². The van der Waals surface area contributed by atoms with Crippen LogP contribution in [0.4, 0.5) is 0 Å². The van der Waals surface area contributed by atoms with E-state index in [1.807, 2.05) is 24.3 Å². The number of carbonyl (C=O) groups is 1. The maximum atomic E-state index is 9.99. The van der Waals surface area contributed by atoms with E-state index in [2.05, 4.69) is 9.72 Å².